The maximum absolute atomic E-state index is 12.1. The zero-order chi connectivity index (χ0) is 14.5. The van der Waals surface area contributed by atoms with Gasteiger partial charge < -0.3 is 15.3 Å². The van der Waals surface area contributed by atoms with E-state index < -0.39 is 0 Å². The molecule has 2 heterocycles. The third kappa shape index (κ3) is 2.88. The maximum Gasteiger partial charge on any atom is 0.318 e. The number of hydrogen-bond donors (Lipinski definition) is 2. The molecule has 0 saturated heterocycles. The van der Waals surface area contributed by atoms with E-state index in [1.54, 1.807) is 4.90 Å². The lowest BCUT2D eigenvalue weighted by Gasteiger charge is -2.22. The Labute approximate surface area is 117 Å². The Hall–Kier alpha value is -2.15. The molecule has 0 bridgehead atoms. The van der Waals surface area contributed by atoms with E-state index in [1.807, 2.05) is 42.6 Å². The lowest BCUT2D eigenvalue weighted by Crippen LogP contribution is -2.42. The van der Waals surface area contributed by atoms with Crippen LogP contribution in [-0.2, 0) is 0 Å². The normalized spacial score (nSPS) is 12.3. The number of fused-ring (bicyclic) bond motifs is 1. The number of urea groups is 1. The molecule has 0 spiro atoms. The number of nitrogens with zero attached hydrogens (tertiary/aromatic N) is 4. The van der Waals surface area contributed by atoms with Crippen LogP contribution in [0.3, 0.4) is 0 Å². The van der Waals surface area contributed by atoms with Gasteiger partial charge in [0, 0.05) is 19.3 Å². The van der Waals surface area contributed by atoms with Gasteiger partial charge in [0.05, 0.1) is 12.6 Å². The summed E-state index contributed by atoms with van der Waals surface area (Å²) in [5.41, 5.74) is 0.742. The van der Waals surface area contributed by atoms with Crippen LogP contribution in [0.25, 0.3) is 5.65 Å². The summed E-state index contributed by atoms with van der Waals surface area (Å²) in [7, 11) is 0. The molecule has 108 valence electrons. The molecule has 2 aromatic heterocycles. The third-order valence-corrected chi connectivity index (χ3v) is 3.11. The van der Waals surface area contributed by atoms with Crippen molar-refractivity contribution in [2.45, 2.75) is 19.9 Å². The van der Waals surface area contributed by atoms with Gasteiger partial charge in [-0.15, -0.1) is 10.2 Å². The van der Waals surface area contributed by atoms with Gasteiger partial charge in [-0.2, -0.15) is 0 Å². The summed E-state index contributed by atoms with van der Waals surface area (Å²) in [5.74, 6) is 0.675. The Bertz CT molecular complexity index is 583. The molecular formula is C13H19N5O2. The average molecular weight is 277 g/mol. The molecule has 0 aliphatic heterocycles. The molecule has 2 amide bonds. The van der Waals surface area contributed by atoms with Gasteiger partial charge in [-0.05, 0) is 26.0 Å². The first-order valence-electron chi connectivity index (χ1n) is 6.63. The highest BCUT2D eigenvalue weighted by molar-refractivity contribution is 5.74. The Morgan fingerprint density at radius 1 is 1.50 bits per heavy atom. The van der Waals surface area contributed by atoms with E-state index in [4.69, 9.17) is 5.11 Å². The Kier molecular flexibility index (Phi) is 4.52. The van der Waals surface area contributed by atoms with Crippen molar-refractivity contribution in [3.8, 4) is 0 Å². The molecule has 0 saturated carbocycles. The second-order valence-electron chi connectivity index (χ2n) is 4.46. The molecular weight excluding hydrogens is 258 g/mol. The summed E-state index contributed by atoms with van der Waals surface area (Å²) in [6, 6.07) is 5.14. The second kappa shape index (κ2) is 6.33. The van der Waals surface area contributed by atoms with Crippen LogP contribution in [-0.4, -0.2) is 50.3 Å². The molecule has 2 aromatic rings. The lowest BCUT2D eigenvalue weighted by atomic mass is 10.3. The van der Waals surface area contributed by atoms with E-state index >= 15 is 0 Å². The number of nitrogens with one attached hydrogen (secondary N) is 1. The van der Waals surface area contributed by atoms with Crippen LogP contribution >= 0.6 is 0 Å². The van der Waals surface area contributed by atoms with E-state index in [2.05, 4.69) is 15.5 Å². The second-order valence-corrected chi connectivity index (χ2v) is 4.46. The van der Waals surface area contributed by atoms with Gasteiger partial charge in [-0.3, -0.25) is 4.40 Å². The maximum atomic E-state index is 12.1. The van der Waals surface area contributed by atoms with Gasteiger partial charge in [-0.25, -0.2) is 4.79 Å². The molecule has 7 heteroatoms. The molecule has 1 atom stereocenters. The minimum absolute atomic E-state index is 0.0521. The monoisotopic (exact) mass is 277 g/mol. The van der Waals surface area contributed by atoms with E-state index in [0.29, 0.717) is 18.9 Å². The molecule has 20 heavy (non-hydrogen) atoms. The summed E-state index contributed by atoms with van der Waals surface area (Å²) in [6.07, 6.45) is 1.86. The summed E-state index contributed by atoms with van der Waals surface area (Å²) < 4.78 is 1.84. The van der Waals surface area contributed by atoms with Crippen LogP contribution in [0, 0.1) is 0 Å². The number of rotatable bonds is 5. The number of pyridine rings is 1. The van der Waals surface area contributed by atoms with Crippen LogP contribution in [0.15, 0.2) is 24.4 Å². The van der Waals surface area contributed by atoms with E-state index in [-0.39, 0.29) is 18.7 Å². The van der Waals surface area contributed by atoms with Crippen molar-refractivity contribution in [1.29, 1.82) is 0 Å². The summed E-state index contributed by atoms with van der Waals surface area (Å²) in [4.78, 5) is 13.6. The first kappa shape index (κ1) is 14.3. The Morgan fingerprint density at radius 3 is 3.00 bits per heavy atom. The third-order valence-electron chi connectivity index (χ3n) is 3.11. The fraction of sp³-hybridized carbons (Fsp3) is 0.462. The molecule has 0 fully saturated rings. The number of amides is 2. The Balaban J connectivity index is 2.11. The fourth-order valence-electron chi connectivity index (χ4n) is 2.02. The van der Waals surface area contributed by atoms with Crippen molar-refractivity contribution in [3.63, 3.8) is 0 Å². The number of hydrogen-bond acceptors (Lipinski definition) is 4. The van der Waals surface area contributed by atoms with Crippen LogP contribution in [0.4, 0.5) is 4.79 Å². The summed E-state index contributed by atoms with van der Waals surface area (Å²) in [6.45, 7) is 4.53. The van der Waals surface area contributed by atoms with Gasteiger partial charge in [-0.1, -0.05) is 6.07 Å². The van der Waals surface area contributed by atoms with Crippen molar-refractivity contribution in [3.05, 3.63) is 30.2 Å². The van der Waals surface area contributed by atoms with Crippen molar-refractivity contribution in [2.24, 2.45) is 0 Å². The van der Waals surface area contributed by atoms with Crippen molar-refractivity contribution >= 4 is 11.7 Å². The van der Waals surface area contributed by atoms with Crippen LogP contribution in [0.2, 0.25) is 0 Å². The quantitative estimate of drug-likeness (QED) is 0.847. The largest absolute Gasteiger partial charge is 0.395 e. The van der Waals surface area contributed by atoms with Gasteiger partial charge in [0.2, 0.25) is 0 Å². The average Bonchev–Trinajstić information content (AvgIpc) is 2.88. The smallest absolute Gasteiger partial charge is 0.318 e. The van der Waals surface area contributed by atoms with Gasteiger partial charge in [0.15, 0.2) is 11.5 Å². The minimum Gasteiger partial charge on any atom is -0.395 e. The van der Waals surface area contributed by atoms with Crippen LogP contribution in [0.5, 0.6) is 0 Å². The van der Waals surface area contributed by atoms with E-state index in [0.717, 1.165) is 5.65 Å². The number of aliphatic hydroxyl groups excluding tert-OH is 1. The van der Waals surface area contributed by atoms with Crippen molar-refractivity contribution in [2.75, 3.05) is 19.7 Å². The standard InChI is InChI=1S/C13H19N5O2/c1-3-17(8-9-19)13(20)14-10(2)12-16-15-11-6-4-5-7-18(11)12/h4-7,10,19H,3,8-9H2,1-2H3,(H,14,20). The van der Waals surface area contributed by atoms with E-state index in [9.17, 15) is 4.79 Å². The van der Waals surface area contributed by atoms with Crippen molar-refractivity contribution in [1.82, 2.24) is 24.8 Å². The minimum atomic E-state index is -0.271. The zero-order valence-corrected chi connectivity index (χ0v) is 11.7. The highest BCUT2D eigenvalue weighted by atomic mass is 16.3. The van der Waals surface area contributed by atoms with E-state index in [1.165, 1.54) is 0 Å². The SMILES string of the molecule is CCN(CCO)C(=O)NC(C)c1nnc2ccccn12. The molecule has 0 aromatic carbocycles. The number of carbonyl (C=O) groups is 1. The summed E-state index contributed by atoms with van der Waals surface area (Å²) >= 11 is 0. The zero-order valence-electron chi connectivity index (χ0n) is 11.7. The highest BCUT2D eigenvalue weighted by Crippen LogP contribution is 2.12. The molecule has 2 rings (SSSR count). The van der Waals surface area contributed by atoms with Gasteiger partial charge in [0.1, 0.15) is 0 Å². The molecule has 0 aliphatic carbocycles. The predicted octanol–water partition coefficient (Wildman–Crippen LogP) is 0.814. The number of carbonyl (C=O) groups excluding carboxylic acids is 1. The predicted molar refractivity (Wildman–Crippen MR) is 74.3 cm³/mol. The molecule has 0 aliphatic rings. The lowest BCUT2D eigenvalue weighted by molar-refractivity contribution is 0.177. The highest BCUT2D eigenvalue weighted by Gasteiger charge is 2.18. The molecule has 1 unspecified atom stereocenters. The fourth-order valence-corrected chi connectivity index (χ4v) is 2.02. The summed E-state index contributed by atoms with van der Waals surface area (Å²) in [5, 5.41) is 20.0. The van der Waals surface area contributed by atoms with Crippen LogP contribution in [0.1, 0.15) is 25.7 Å². The molecule has 2 N–H and O–H groups in total. The molecule has 7 nitrogen and oxygen atoms in total. The number of likely N-dealkylation sites (N-methyl/N-ethyl adjacent to an activating group) is 1. The van der Waals surface area contributed by atoms with Crippen LogP contribution < -0.4 is 5.32 Å². The first-order valence-corrected chi connectivity index (χ1v) is 6.63. The van der Waals surface area contributed by atoms with Gasteiger partial charge in [0.25, 0.3) is 0 Å². The Morgan fingerprint density at radius 2 is 2.30 bits per heavy atom. The first-order chi connectivity index (χ1) is 9.67. The topological polar surface area (TPSA) is 82.8 Å². The van der Waals surface area contributed by atoms with Gasteiger partial charge >= 0.3 is 6.03 Å². The van der Waals surface area contributed by atoms with Crippen molar-refractivity contribution < 1.29 is 9.90 Å². The molecule has 0 radical (unpaired) electrons. The number of aromatic nitrogens is 3. The number of aliphatic hydroxyl groups is 1.